The van der Waals surface area contributed by atoms with Crippen LogP contribution < -0.4 is 9.64 Å². The molecule has 3 aliphatic heterocycles. The molecule has 4 aliphatic rings. The van der Waals surface area contributed by atoms with Crippen molar-refractivity contribution in [2.75, 3.05) is 38.8 Å². The Morgan fingerprint density at radius 3 is 2.64 bits per heavy atom. The standard InChI is InChI=1S/C28H38N2O6/c1-7-26-11-8-13-30-14-12-27(23(26)30)20-10-9-19(34-6)15-21(20)29(5)24(27)28(33,25(26)36-18(4)31)16-35-22(32)17(2)3/h8-11,15,17,23-25,33H,7,12-14,16H2,1-6H3/t23-,24+,25+,26+,27+,28?/m0/s1. The molecule has 0 amide bonds. The van der Waals surface area contributed by atoms with Crippen molar-refractivity contribution < 1.29 is 28.9 Å². The monoisotopic (exact) mass is 498 g/mol. The molecule has 3 heterocycles. The molecule has 1 aliphatic carbocycles. The second-order valence-electron chi connectivity index (χ2n) is 11.2. The Kier molecular flexibility index (Phi) is 5.91. The van der Waals surface area contributed by atoms with Gasteiger partial charge < -0.3 is 24.2 Å². The predicted molar refractivity (Wildman–Crippen MR) is 135 cm³/mol. The lowest BCUT2D eigenvalue weighted by Gasteiger charge is -2.64. The molecule has 1 spiro atoms. The molecule has 5 rings (SSSR count). The third-order valence-corrected chi connectivity index (χ3v) is 9.13. The lowest BCUT2D eigenvalue weighted by molar-refractivity contribution is -0.233. The molecule has 0 radical (unpaired) electrons. The van der Waals surface area contributed by atoms with Gasteiger partial charge in [-0.2, -0.15) is 0 Å². The topological polar surface area (TPSA) is 88.5 Å². The van der Waals surface area contributed by atoms with Crippen molar-refractivity contribution in [3.8, 4) is 5.75 Å². The van der Waals surface area contributed by atoms with Gasteiger partial charge in [-0.1, -0.05) is 39.0 Å². The maximum Gasteiger partial charge on any atom is 0.308 e. The number of ether oxygens (including phenoxy) is 3. The average molecular weight is 499 g/mol. The van der Waals surface area contributed by atoms with Crippen molar-refractivity contribution in [1.82, 2.24) is 4.90 Å². The third-order valence-electron chi connectivity index (χ3n) is 9.13. The second kappa shape index (κ2) is 8.48. The third kappa shape index (κ3) is 3.13. The number of esters is 2. The van der Waals surface area contributed by atoms with Crippen molar-refractivity contribution in [2.24, 2.45) is 11.3 Å². The van der Waals surface area contributed by atoms with E-state index in [9.17, 15) is 14.7 Å². The smallest absolute Gasteiger partial charge is 0.308 e. The second-order valence-corrected chi connectivity index (χ2v) is 11.2. The maximum absolute atomic E-state index is 12.8. The van der Waals surface area contributed by atoms with Crippen molar-refractivity contribution >= 4 is 17.6 Å². The number of hydrogen-bond donors (Lipinski definition) is 1. The molecular weight excluding hydrogens is 460 g/mol. The fourth-order valence-corrected chi connectivity index (χ4v) is 7.96. The largest absolute Gasteiger partial charge is 0.497 e. The van der Waals surface area contributed by atoms with Gasteiger partial charge in [0, 0.05) is 49.1 Å². The van der Waals surface area contributed by atoms with Gasteiger partial charge in [-0.05, 0) is 31.0 Å². The summed E-state index contributed by atoms with van der Waals surface area (Å²) in [5.41, 5.74) is -0.615. The van der Waals surface area contributed by atoms with Gasteiger partial charge in [0.15, 0.2) is 5.60 Å². The molecule has 196 valence electrons. The summed E-state index contributed by atoms with van der Waals surface area (Å²) in [6, 6.07) is 5.65. The van der Waals surface area contributed by atoms with E-state index in [1.807, 2.05) is 19.2 Å². The zero-order valence-corrected chi connectivity index (χ0v) is 22.1. The van der Waals surface area contributed by atoms with Crippen LogP contribution in [0.25, 0.3) is 0 Å². The summed E-state index contributed by atoms with van der Waals surface area (Å²) < 4.78 is 17.4. The molecule has 6 atom stereocenters. The number of carbonyl (C=O) groups is 2. The number of nitrogens with zero attached hydrogens (tertiary/aromatic N) is 2. The van der Waals surface area contributed by atoms with Crippen LogP contribution in [0.5, 0.6) is 5.75 Å². The van der Waals surface area contributed by atoms with Crippen molar-refractivity contribution in [3.05, 3.63) is 35.9 Å². The number of fused-ring (bicyclic) bond motifs is 1. The van der Waals surface area contributed by atoms with Crippen LogP contribution in [0, 0.1) is 11.3 Å². The van der Waals surface area contributed by atoms with Gasteiger partial charge in [0.2, 0.25) is 0 Å². The summed E-state index contributed by atoms with van der Waals surface area (Å²) in [5, 5.41) is 12.8. The highest BCUT2D eigenvalue weighted by Gasteiger charge is 2.78. The van der Waals surface area contributed by atoms with E-state index in [0.29, 0.717) is 6.42 Å². The number of anilines is 1. The number of methoxy groups -OCH3 is 1. The molecule has 0 bridgehead atoms. The SMILES string of the molecule is CC[C@]12C=CCN3CC[C@@]4(c5ccc(OC)cc5N(C)[C@H]4C(O)(COC(=O)C(C)C)[C@@H]1OC(C)=O)[C@@H]32. The zero-order valence-electron chi connectivity index (χ0n) is 22.1. The Balaban J connectivity index is 1.77. The van der Waals surface area contributed by atoms with Crippen LogP contribution in [0.2, 0.25) is 0 Å². The van der Waals surface area contributed by atoms with Crippen LogP contribution in [0.4, 0.5) is 5.69 Å². The number of aliphatic hydroxyl groups is 1. The first kappa shape index (κ1) is 25.1. The number of benzene rings is 1. The van der Waals surface area contributed by atoms with Crippen LogP contribution in [0.1, 0.15) is 46.1 Å². The molecule has 2 fully saturated rings. The highest BCUT2D eigenvalue weighted by Crippen LogP contribution is 2.67. The minimum atomic E-state index is -1.65. The lowest BCUT2D eigenvalue weighted by Crippen LogP contribution is -2.80. The molecule has 1 aromatic rings. The molecule has 36 heavy (non-hydrogen) atoms. The zero-order chi connectivity index (χ0) is 26.0. The van der Waals surface area contributed by atoms with Crippen molar-refractivity contribution in [1.29, 1.82) is 0 Å². The maximum atomic E-state index is 12.8. The Bertz CT molecular complexity index is 1100. The number of hydrogen-bond acceptors (Lipinski definition) is 8. The Labute approximate surface area is 213 Å². The molecule has 8 heteroatoms. The highest BCUT2D eigenvalue weighted by molar-refractivity contribution is 5.73. The van der Waals surface area contributed by atoms with Gasteiger partial charge >= 0.3 is 11.9 Å². The first-order valence-corrected chi connectivity index (χ1v) is 13.0. The quantitative estimate of drug-likeness (QED) is 0.473. The number of rotatable bonds is 6. The lowest BCUT2D eigenvalue weighted by atomic mass is 9.48. The summed E-state index contributed by atoms with van der Waals surface area (Å²) in [6.45, 7) is 8.42. The minimum Gasteiger partial charge on any atom is -0.497 e. The summed E-state index contributed by atoms with van der Waals surface area (Å²) in [4.78, 5) is 29.7. The summed E-state index contributed by atoms with van der Waals surface area (Å²) in [5.74, 6) is -0.455. The van der Waals surface area contributed by atoms with Crippen LogP contribution in [0.3, 0.4) is 0 Å². The molecular formula is C28H38N2O6. The van der Waals surface area contributed by atoms with E-state index in [1.165, 1.54) is 6.92 Å². The first-order valence-electron chi connectivity index (χ1n) is 13.0. The summed E-state index contributed by atoms with van der Waals surface area (Å²) >= 11 is 0. The molecule has 1 N–H and O–H groups in total. The van der Waals surface area contributed by atoms with Gasteiger partial charge in [-0.15, -0.1) is 0 Å². The van der Waals surface area contributed by atoms with Crippen molar-refractivity contribution in [2.45, 2.75) is 69.7 Å². The fourth-order valence-electron chi connectivity index (χ4n) is 7.96. The van der Waals surface area contributed by atoms with Crippen LogP contribution in [-0.4, -0.2) is 79.6 Å². The predicted octanol–water partition coefficient (Wildman–Crippen LogP) is 2.67. The van der Waals surface area contributed by atoms with Gasteiger partial charge in [0.05, 0.1) is 19.1 Å². The average Bonchev–Trinajstić information content (AvgIpc) is 3.36. The molecule has 1 saturated carbocycles. The molecule has 8 nitrogen and oxygen atoms in total. The van der Waals surface area contributed by atoms with E-state index < -0.39 is 40.5 Å². The van der Waals surface area contributed by atoms with Crippen LogP contribution in [-0.2, 0) is 24.5 Å². The molecule has 1 unspecified atom stereocenters. The van der Waals surface area contributed by atoms with Gasteiger partial charge in [0.25, 0.3) is 0 Å². The van der Waals surface area contributed by atoms with E-state index in [4.69, 9.17) is 14.2 Å². The van der Waals surface area contributed by atoms with E-state index in [1.54, 1.807) is 21.0 Å². The van der Waals surface area contributed by atoms with Gasteiger partial charge in [0.1, 0.15) is 18.5 Å². The van der Waals surface area contributed by atoms with E-state index in [2.05, 4.69) is 34.9 Å². The van der Waals surface area contributed by atoms with E-state index in [-0.39, 0.29) is 18.6 Å². The normalized spacial score (nSPS) is 36.3. The fraction of sp³-hybridized carbons (Fsp3) is 0.643. The molecule has 0 aromatic heterocycles. The van der Waals surface area contributed by atoms with Gasteiger partial charge in [-0.25, -0.2) is 0 Å². The number of likely N-dealkylation sites (N-methyl/N-ethyl adjacent to an activating group) is 1. The van der Waals surface area contributed by atoms with E-state index >= 15 is 0 Å². The number of carbonyl (C=O) groups excluding carboxylic acids is 2. The first-order chi connectivity index (χ1) is 17.1. The Morgan fingerprint density at radius 1 is 1.25 bits per heavy atom. The Hall–Kier alpha value is -2.58. The highest BCUT2D eigenvalue weighted by atomic mass is 16.6. The Morgan fingerprint density at radius 2 is 2.00 bits per heavy atom. The molecule has 1 aromatic carbocycles. The summed E-state index contributed by atoms with van der Waals surface area (Å²) in [7, 11) is 3.61. The minimum absolute atomic E-state index is 0.00696. The van der Waals surface area contributed by atoms with Crippen LogP contribution >= 0.6 is 0 Å². The summed E-state index contributed by atoms with van der Waals surface area (Å²) in [6.07, 6.45) is 4.88. The van der Waals surface area contributed by atoms with Crippen molar-refractivity contribution in [3.63, 3.8) is 0 Å². The molecule has 1 saturated heterocycles. The van der Waals surface area contributed by atoms with Gasteiger partial charge in [-0.3, -0.25) is 14.5 Å². The van der Waals surface area contributed by atoms with Crippen LogP contribution in [0.15, 0.2) is 30.4 Å². The van der Waals surface area contributed by atoms with E-state index in [0.717, 1.165) is 36.5 Å².